The molecule has 0 bridgehead atoms. The molecule has 114 valence electrons. The fraction of sp³-hybridized carbons (Fsp3) is 0.429. The highest BCUT2D eigenvalue weighted by atomic mass is 35.5. The van der Waals surface area contributed by atoms with Crippen molar-refractivity contribution in [2.24, 2.45) is 0 Å². The Morgan fingerprint density at radius 1 is 1.38 bits per heavy atom. The number of nitrogens with zero attached hydrogens (tertiary/aromatic N) is 2. The highest BCUT2D eigenvalue weighted by molar-refractivity contribution is 6.30. The van der Waals surface area contributed by atoms with Crippen LogP contribution in [0.3, 0.4) is 0 Å². The summed E-state index contributed by atoms with van der Waals surface area (Å²) in [6.07, 6.45) is 0.754. The molecule has 0 saturated carbocycles. The number of aliphatic carboxylic acids is 1. The maximum Gasteiger partial charge on any atom is 0.325 e. The van der Waals surface area contributed by atoms with Crippen molar-refractivity contribution in [2.75, 3.05) is 31.7 Å². The van der Waals surface area contributed by atoms with Gasteiger partial charge in [0.15, 0.2) is 0 Å². The van der Waals surface area contributed by atoms with Crippen molar-refractivity contribution < 1.29 is 19.4 Å². The van der Waals surface area contributed by atoms with Gasteiger partial charge in [0.25, 0.3) is 0 Å². The van der Waals surface area contributed by atoms with E-state index in [1.54, 1.807) is 31.3 Å². The monoisotopic (exact) mass is 312 g/mol. The van der Waals surface area contributed by atoms with Crippen molar-refractivity contribution in [3.05, 3.63) is 29.3 Å². The van der Waals surface area contributed by atoms with Crippen LogP contribution in [0.25, 0.3) is 0 Å². The standard InChI is InChI=1S/C14H17ClN2O4/c1-16(12-6-7-21-9-12)14(20)17(8-13(18)19)11-4-2-10(15)3-5-11/h2-5,12H,6-9H2,1H3,(H,18,19). The number of benzene rings is 1. The van der Waals surface area contributed by atoms with Crippen LogP contribution in [0, 0.1) is 0 Å². The van der Waals surface area contributed by atoms with Crippen LogP contribution in [-0.2, 0) is 9.53 Å². The Balaban J connectivity index is 2.20. The average molecular weight is 313 g/mol. The molecule has 7 heteroatoms. The summed E-state index contributed by atoms with van der Waals surface area (Å²) < 4.78 is 5.26. The number of amides is 2. The van der Waals surface area contributed by atoms with E-state index in [1.165, 1.54) is 9.80 Å². The summed E-state index contributed by atoms with van der Waals surface area (Å²) in [4.78, 5) is 26.3. The van der Waals surface area contributed by atoms with Gasteiger partial charge in [-0.05, 0) is 30.7 Å². The van der Waals surface area contributed by atoms with Crippen LogP contribution >= 0.6 is 11.6 Å². The highest BCUT2D eigenvalue weighted by Gasteiger charge is 2.29. The van der Waals surface area contributed by atoms with Crippen molar-refractivity contribution in [2.45, 2.75) is 12.5 Å². The van der Waals surface area contributed by atoms with E-state index in [-0.39, 0.29) is 12.1 Å². The zero-order valence-corrected chi connectivity index (χ0v) is 12.4. The molecule has 1 heterocycles. The van der Waals surface area contributed by atoms with E-state index in [0.717, 1.165) is 6.42 Å². The molecule has 1 unspecified atom stereocenters. The Bertz CT molecular complexity index is 514. The molecule has 1 saturated heterocycles. The lowest BCUT2D eigenvalue weighted by Crippen LogP contribution is -2.48. The quantitative estimate of drug-likeness (QED) is 0.924. The fourth-order valence-electron chi connectivity index (χ4n) is 2.20. The number of carbonyl (C=O) groups is 2. The van der Waals surface area contributed by atoms with Crippen LogP contribution in [0.15, 0.2) is 24.3 Å². The third-order valence-corrected chi connectivity index (χ3v) is 3.67. The lowest BCUT2D eigenvalue weighted by atomic mass is 10.2. The molecule has 21 heavy (non-hydrogen) atoms. The van der Waals surface area contributed by atoms with Gasteiger partial charge in [-0.25, -0.2) is 4.79 Å². The minimum absolute atomic E-state index is 0.0268. The van der Waals surface area contributed by atoms with Gasteiger partial charge in [-0.1, -0.05) is 11.6 Å². The zero-order valence-electron chi connectivity index (χ0n) is 11.7. The molecule has 1 aromatic rings. The first-order valence-electron chi connectivity index (χ1n) is 6.58. The lowest BCUT2D eigenvalue weighted by Gasteiger charge is -2.30. The largest absolute Gasteiger partial charge is 0.480 e. The molecule has 0 aliphatic carbocycles. The van der Waals surface area contributed by atoms with Crippen molar-refractivity contribution >= 4 is 29.3 Å². The fourth-order valence-corrected chi connectivity index (χ4v) is 2.33. The minimum atomic E-state index is -1.07. The normalized spacial score (nSPS) is 17.5. The van der Waals surface area contributed by atoms with Gasteiger partial charge in [0.2, 0.25) is 0 Å². The van der Waals surface area contributed by atoms with Gasteiger partial charge >= 0.3 is 12.0 Å². The van der Waals surface area contributed by atoms with E-state index < -0.39 is 12.5 Å². The second-order valence-corrected chi connectivity index (χ2v) is 5.30. The maximum absolute atomic E-state index is 12.6. The molecule has 1 aliphatic heterocycles. The molecule has 0 aromatic heterocycles. The third kappa shape index (κ3) is 3.86. The summed E-state index contributed by atoms with van der Waals surface area (Å²) in [5, 5.41) is 9.56. The van der Waals surface area contributed by atoms with Gasteiger partial charge in [-0.2, -0.15) is 0 Å². The summed E-state index contributed by atoms with van der Waals surface area (Å²) in [6.45, 7) is 0.685. The first-order chi connectivity index (χ1) is 9.99. The predicted molar refractivity (Wildman–Crippen MR) is 78.8 cm³/mol. The number of carboxylic acid groups (broad SMARTS) is 1. The number of hydrogen-bond donors (Lipinski definition) is 1. The Kier molecular flexibility index (Phi) is 5.03. The summed E-state index contributed by atoms with van der Waals surface area (Å²) in [5.41, 5.74) is 0.498. The van der Waals surface area contributed by atoms with Crippen LogP contribution in [-0.4, -0.2) is 54.9 Å². The van der Waals surface area contributed by atoms with Crippen LogP contribution in [0.4, 0.5) is 10.5 Å². The van der Waals surface area contributed by atoms with Gasteiger partial charge in [-0.15, -0.1) is 0 Å². The number of likely N-dealkylation sites (N-methyl/N-ethyl adjacent to an activating group) is 1. The first kappa shape index (κ1) is 15.6. The van der Waals surface area contributed by atoms with E-state index in [1.807, 2.05) is 0 Å². The topological polar surface area (TPSA) is 70.1 Å². The maximum atomic E-state index is 12.6. The lowest BCUT2D eigenvalue weighted by molar-refractivity contribution is -0.135. The van der Waals surface area contributed by atoms with Gasteiger partial charge < -0.3 is 14.7 Å². The Morgan fingerprint density at radius 3 is 2.57 bits per heavy atom. The summed E-state index contributed by atoms with van der Waals surface area (Å²) >= 11 is 5.82. The summed E-state index contributed by atoms with van der Waals surface area (Å²) in [5.74, 6) is -1.07. The number of carbonyl (C=O) groups excluding carboxylic acids is 1. The van der Waals surface area contributed by atoms with E-state index in [9.17, 15) is 9.59 Å². The average Bonchev–Trinajstić information content (AvgIpc) is 2.98. The molecule has 0 spiro atoms. The van der Waals surface area contributed by atoms with Crippen LogP contribution in [0.1, 0.15) is 6.42 Å². The second kappa shape index (κ2) is 6.78. The molecule has 1 aromatic carbocycles. The number of hydrogen-bond acceptors (Lipinski definition) is 3. The Labute approximate surface area is 127 Å². The molecule has 1 N–H and O–H groups in total. The van der Waals surface area contributed by atoms with Crippen molar-refractivity contribution in [1.82, 2.24) is 4.90 Å². The molecule has 1 atom stereocenters. The summed E-state index contributed by atoms with van der Waals surface area (Å²) in [6, 6.07) is 6.11. The third-order valence-electron chi connectivity index (χ3n) is 3.42. The highest BCUT2D eigenvalue weighted by Crippen LogP contribution is 2.21. The van der Waals surface area contributed by atoms with Crippen LogP contribution in [0.2, 0.25) is 5.02 Å². The molecule has 1 fully saturated rings. The van der Waals surface area contributed by atoms with Crippen molar-refractivity contribution in [1.29, 1.82) is 0 Å². The van der Waals surface area contributed by atoms with Gasteiger partial charge in [0, 0.05) is 24.4 Å². The number of urea groups is 1. The van der Waals surface area contributed by atoms with E-state index >= 15 is 0 Å². The van der Waals surface area contributed by atoms with Gasteiger partial charge in [0.1, 0.15) is 6.54 Å². The predicted octanol–water partition coefficient (Wildman–Crippen LogP) is 2.07. The number of anilines is 1. The zero-order chi connectivity index (χ0) is 15.4. The number of carboxylic acids is 1. The Morgan fingerprint density at radius 2 is 2.05 bits per heavy atom. The molecule has 2 amide bonds. The second-order valence-electron chi connectivity index (χ2n) is 4.87. The van der Waals surface area contributed by atoms with Crippen molar-refractivity contribution in [3.63, 3.8) is 0 Å². The molecular weight excluding hydrogens is 296 g/mol. The van der Waals surface area contributed by atoms with E-state index in [4.69, 9.17) is 21.4 Å². The number of ether oxygens (including phenoxy) is 1. The van der Waals surface area contributed by atoms with Gasteiger partial charge in [-0.3, -0.25) is 9.69 Å². The Hall–Kier alpha value is -1.79. The molecule has 1 aliphatic rings. The molecule has 0 radical (unpaired) electrons. The summed E-state index contributed by atoms with van der Waals surface area (Å²) in [7, 11) is 1.66. The minimum Gasteiger partial charge on any atom is -0.480 e. The molecular formula is C14H17ClN2O4. The van der Waals surface area contributed by atoms with Crippen molar-refractivity contribution in [3.8, 4) is 0 Å². The van der Waals surface area contributed by atoms with Crippen LogP contribution < -0.4 is 4.90 Å². The first-order valence-corrected chi connectivity index (χ1v) is 6.96. The van der Waals surface area contributed by atoms with Crippen LogP contribution in [0.5, 0.6) is 0 Å². The number of rotatable bonds is 4. The number of halogens is 1. The van der Waals surface area contributed by atoms with E-state index in [0.29, 0.717) is 23.9 Å². The SMILES string of the molecule is CN(C(=O)N(CC(=O)O)c1ccc(Cl)cc1)C1CCOC1. The van der Waals surface area contributed by atoms with Gasteiger partial charge in [0.05, 0.1) is 12.6 Å². The molecule has 2 rings (SSSR count). The van der Waals surface area contributed by atoms with E-state index in [2.05, 4.69) is 0 Å². The smallest absolute Gasteiger partial charge is 0.325 e. The molecule has 6 nitrogen and oxygen atoms in total.